The Balaban J connectivity index is 2.37. The highest BCUT2D eigenvalue weighted by atomic mass is 19.1. The zero-order valence-electron chi connectivity index (χ0n) is 11.9. The van der Waals surface area contributed by atoms with E-state index in [4.69, 9.17) is 15.2 Å². The molecule has 0 atom stereocenters. The third-order valence-electron chi connectivity index (χ3n) is 2.86. The number of carbonyl (C=O) groups is 1. The molecule has 0 bridgehead atoms. The Morgan fingerprint density at radius 2 is 1.90 bits per heavy atom. The van der Waals surface area contributed by atoms with Crippen molar-refractivity contribution in [3.8, 4) is 11.5 Å². The zero-order valence-corrected chi connectivity index (χ0v) is 11.9. The quantitative estimate of drug-likeness (QED) is 0.689. The summed E-state index contributed by atoms with van der Waals surface area (Å²) < 4.78 is 23.8. The summed E-state index contributed by atoms with van der Waals surface area (Å²) in [5, 5.41) is 0. The number of halogens is 1. The van der Waals surface area contributed by atoms with Crippen molar-refractivity contribution in [2.24, 2.45) is 0 Å². The third kappa shape index (κ3) is 3.51. The lowest BCUT2D eigenvalue weighted by Crippen LogP contribution is -2.07. The van der Waals surface area contributed by atoms with Gasteiger partial charge in [0.15, 0.2) is 0 Å². The first-order chi connectivity index (χ1) is 10.0. The fourth-order valence-corrected chi connectivity index (χ4v) is 1.85. The van der Waals surface area contributed by atoms with E-state index in [1.165, 1.54) is 24.3 Å². The maximum Gasteiger partial charge on any atom is 0.342 e. The largest absolute Gasteiger partial charge is 0.462 e. The molecule has 0 aliphatic heterocycles. The first-order valence-electron chi connectivity index (χ1n) is 6.52. The summed E-state index contributed by atoms with van der Waals surface area (Å²) in [6.45, 7) is 3.69. The number of esters is 1. The van der Waals surface area contributed by atoms with Gasteiger partial charge in [0.05, 0.1) is 6.61 Å². The van der Waals surface area contributed by atoms with Crippen LogP contribution in [0.2, 0.25) is 0 Å². The van der Waals surface area contributed by atoms with Gasteiger partial charge >= 0.3 is 5.97 Å². The van der Waals surface area contributed by atoms with Crippen molar-refractivity contribution in [3.05, 3.63) is 53.3 Å². The van der Waals surface area contributed by atoms with Crippen molar-refractivity contribution in [2.75, 3.05) is 12.3 Å². The van der Waals surface area contributed by atoms with Crippen LogP contribution in [-0.4, -0.2) is 12.6 Å². The summed E-state index contributed by atoms with van der Waals surface area (Å²) >= 11 is 0. The molecule has 110 valence electrons. The second-order valence-electron chi connectivity index (χ2n) is 4.49. The van der Waals surface area contributed by atoms with Crippen LogP contribution >= 0.6 is 0 Å². The Kier molecular flexibility index (Phi) is 4.42. The molecular weight excluding hydrogens is 273 g/mol. The van der Waals surface area contributed by atoms with Gasteiger partial charge < -0.3 is 15.2 Å². The molecule has 2 aromatic rings. The van der Waals surface area contributed by atoms with Crippen molar-refractivity contribution in [1.29, 1.82) is 0 Å². The van der Waals surface area contributed by atoms with Crippen molar-refractivity contribution in [1.82, 2.24) is 0 Å². The molecule has 0 unspecified atom stereocenters. The van der Waals surface area contributed by atoms with Crippen molar-refractivity contribution >= 4 is 11.7 Å². The number of nitrogens with two attached hydrogens (primary N) is 1. The SMILES string of the molecule is CCOC(=O)c1cc(N)ccc1Oc1ccc(F)cc1C. The number of anilines is 1. The number of ether oxygens (including phenoxy) is 2. The first kappa shape index (κ1) is 14.8. The Morgan fingerprint density at radius 3 is 2.57 bits per heavy atom. The molecule has 0 saturated heterocycles. The Hall–Kier alpha value is -2.56. The van der Waals surface area contributed by atoms with Gasteiger partial charge in [0.25, 0.3) is 0 Å². The van der Waals surface area contributed by atoms with E-state index in [1.54, 1.807) is 26.0 Å². The molecule has 0 amide bonds. The fraction of sp³-hybridized carbons (Fsp3) is 0.188. The van der Waals surface area contributed by atoms with Crippen molar-refractivity contribution in [3.63, 3.8) is 0 Å². The van der Waals surface area contributed by atoms with Crippen LogP contribution in [0.15, 0.2) is 36.4 Å². The number of hydrogen-bond acceptors (Lipinski definition) is 4. The molecule has 2 rings (SSSR count). The van der Waals surface area contributed by atoms with Crippen LogP contribution in [0.25, 0.3) is 0 Å². The zero-order chi connectivity index (χ0) is 15.4. The van der Waals surface area contributed by atoms with Gasteiger partial charge in [0.2, 0.25) is 0 Å². The highest BCUT2D eigenvalue weighted by Gasteiger charge is 2.15. The fourth-order valence-electron chi connectivity index (χ4n) is 1.85. The second kappa shape index (κ2) is 6.26. The van der Waals surface area contributed by atoms with E-state index in [-0.39, 0.29) is 18.0 Å². The molecule has 2 N–H and O–H groups in total. The minimum atomic E-state index is -0.514. The molecule has 0 spiro atoms. The van der Waals surface area contributed by atoms with Gasteiger partial charge in [0, 0.05) is 5.69 Å². The summed E-state index contributed by atoms with van der Waals surface area (Å²) in [7, 11) is 0. The highest BCUT2D eigenvalue weighted by Crippen LogP contribution is 2.30. The molecule has 4 nitrogen and oxygen atoms in total. The lowest BCUT2D eigenvalue weighted by atomic mass is 10.1. The van der Waals surface area contributed by atoms with E-state index in [2.05, 4.69) is 0 Å². The molecule has 0 aliphatic carbocycles. The molecule has 0 aliphatic rings. The smallest absolute Gasteiger partial charge is 0.342 e. The minimum absolute atomic E-state index is 0.237. The highest BCUT2D eigenvalue weighted by molar-refractivity contribution is 5.93. The number of aryl methyl sites for hydroxylation is 1. The molecular formula is C16H16FNO3. The average Bonchev–Trinajstić information content (AvgIpc) is 2.43. The lowest BCUT2D eigenvalue weighted by molar-refractivity contribution is 0.0523. The lowest BCUT2D eigenvalue weighted by Gasteiger charge is -2.13. The number of hydrogen-bond donors (Lipinski definition) is 1. The van der Waals surface area contributed by atoms with E-state index >= 15 is 0 Å². The molecule has 0 heterocycles. The van der Waals surface area contributed by atoms with E-state index in [0.29, 0.717) is 22.7 Å². The minimum Gasteiger partial charge on any atom is -0.462 e. The van der Waals surface area contributed by atoms with Gasteiger partial charge in [-0.05, 0) is 55.8 Å². The summed E-state index contributed by atoms with van der Waals surface area (Å²) in [5.74, 6) is -0.0774. The second-order valence-corrected chi connectivity index (χ2v) is 4.49. The molecule has 0 fully saturated rings. The van der Waals surface area contributed by atoms with Gasteiger partial charge in [-0.25, -0.2) is 9.18 Å². The molecule has 0 saturated carbocycles. The van der Waals surface area contributed by atoms with Gasteiger partial charge in [-0.1, -0.05) is 0 Å². The summed E-state index contributed by atoms with van der Waals surface area (Å²) in [6, 6.07) is 8.86. The maximum absolute atomic E-state index is 13.1. The van der Waals surface area contributed by atoms with Crippen molar-refractivity contribution in [2.45, 2.75) is 13.8 Å². The molecule has 0 radical (unpaired) electrons. The molecule has 0 aromatic heterocycles. The Labute approximate surface area is 122 Å². The van der Waals surface area contributed by atoms with E-state index in [1.807, 2.05) is 0 Å². The molecule has 2 aromatic carbocycles. The standard InChI is InChI=1S/C16H16FNO3/c1-3-20-16(19)13-9-12(18)5-7-15(13)21-14-6-4-11(17)8-10(14)2/h4-9H,3,18H2,1-2H3. The topological polar surface area (TPSA) is 61.5 Å². The predicted molar refractivity (Wildman–Crippen MR) is 78.0 cm³/mol. The molecule has 21 heavy (non-hydrogen) atoms. The van der Waals surface area contributed by atoms with Gasteiger partial charge in [-0.2, -0.15) is 0 Å². The summed E-state index contributed by atoms with van der Waals surface area (Å²) in [4.78, 5) is 11.9. The predicted octanol–water partition coefficient (Wildman–Crippen LogP) is 3.69. The number of rotatable bonds is 4. The van der Waals surface area contributed by atoms with Crippen LogP contribution in [0.5, 0.6) is 11.5 Å². The molecule has 5 heteroatoms. The van der Waals surface area contributed by atoms with Crippen molar-refractivity contribution < 1.29 is 18.7 Å². The van der Waals surface area contributed by atoms with Crippen LogP contribution < -0.4 is 10.5 Å². The van der Waals surface area contributed by atoms with Gasteiger partial charge in [-0.3, -0.25) is 0 Å². The third-order valence-corrected chi connectivity index (χ3v) is 2.86. The van der Waals surface area contributed by atoms with Crippen LogP contribution in [-0.2, 0) is 4.74 Å². The average molecular weight is 289 g/mol. The van der Waals surface area contributed by atoms with Crippen LogP contribution in [0.1, 0.15) is 22.8 Å². The van der Waals surface area contributed by atoms with Gasteiger partial charge in [0.1, 0.15) is 22.9 Å². The first-order valence-corrected chi connectivity index (χ1v) is 6.52. The summed E-state index contributed by atoms with van der Waals surface area (Å²) in [5.41, 5.74) is 6.99. The van der Waals surface area contributed by atoms with E-state index in [0.717, 1.165) is 0 Å². The number of carbonyl (C=O) groups excluding carboxylic acids is 1. The number of nitrogen functional groups attached to an aromatic ring is 1. The normalized spacial score (nSPS) is 10.2. The van der Waals surface area contributed by atoms with E-state index < -0.39 is 5.97 Å². The Morgan fingerprint density at radius 1 is 1.19 bits per heavy atom. The Bertz CT molecular complexity index is 671. The maximum atomic E-state index is 13.1. The van der Waals surface area contributed by atoms with Gasteiger partial charge in [-0.15, -0.1) is 0 Å². The van der Waals surface area contributed by atoms with Crippen LogP contribution in [0.3, 0.4) is 0 Å². The van der Waals surface area contributed by atoms with Crippen LogP contribution in [0, 0.1) is 12.7 Å². The summed E-state index contributed by atoms with van der Waals surface area (Å²) in [6.07, 6.45) is 0. The van der Waals surface area contributed by atoms with E-state index in [9.17, 15) is 9.18 Å². The number of benzene rings is 2. The monoisotopic (exact) mass is 289 g/mol. The van der Waals surface area contributed by atoms with Crippen LogP contribution in [0.4, 0.5) is 10.1 Å².